The fourth-order valence-corrected chi connectivity index (χ4v) is 5.61. The van der Waals surface area contributed by atoms with Crippen LogP contribution in [0.1, 0.15) is 24.5 Å². The maximum Gasteiger partial charge on any atom is 0.244 e. The molecule has 0 bridgehead atoms. The van der Waals surface area contributed by atoms with Crippen LogP contribution in [0, 0.1) is 0 Å². The van der Waals surface area contributed by atoms with E-state index < -0.39 is 28.5 Å². The number of carbonyl (C=O) groups is 2. The highest BCUT2D eigenvalue weighted by Gasteiger charge is 2.33. The Labute approximate surface area is 255 Å². The molecular weight excluding hydrogens is 616 g/mol. The highest BCUT2D eigenvalue weighted by molar-refractivity contribution is 7.92. The predicted octanol–water partition coefficient (Wildman–Crippen LogP) is 6.23. The van der Waals surface area contributed by atoms with Gasteiger partial charge in [-0.25, -0.2) is 8.42 Å². The maximum atomic E-state index is 14.0. The highest BCUT2D eigenvalue weighted by Crippen LogP contribution is 2.29. The van der Waals surface area contributed by atoms with E-state index in [9.17, 15) is 18.0 Å². The summed E-state index contributed by atoms with van der Waals surface area (Å²) in [4.78, 5) is 28.9. The third-order valence-electron chi connectivity index (χ3n) is 6.05. The quantitative estimate of drug-likeness (QED) is 0.253. The third kappa shape index (κ3) is 8.75. The number of nitrogens with one attached hydrogen (secondary N) is 1. The van der Waals surface area contributed by atoms with Crippen LogP contribution in [0.4, 0.5) is 5.69 Å². The van der Waals surface area contributed by atoms with Crippen LogP contribution in [0.2, 0.25) is 20.1 Å². The number of carbonyl (C=O) groups excluding carboxylic acids is 2. The molecule has 0 heterocycles. The highest BCUT2D eigenvalue weighted by atomic mass is 35.5. The second-order valence-electron chi connectivity index (χ2n) is 9.12. The Morgan fingerprint density at radius 3 is 2.20 bits per heavy atom. The van der Waals surface area contributed by atoms with Crippen LogP contribution in [0.15, 0.2) is 66.7 Å². The minimum absolute atomic E-state index is 0.0646. The molecule has 214 valence electrons. The molecule has 1 atom stereocenters. The Morgan fingerprint density at radius 2 is 1.60 bits per heavy atom. The summed E-state index contributed by atoms with van der Waals surface area (Å²) >= 11 is 24.7. The fourth-order valence-electron chi connectivity index (χ4n) is 4.01. The molecule has 7 nitrogen and oxygen atoms in total. The molecule has 0 aromatic heterocycles. The van der Waals surface area contributed by atoms with Crippen LogP contribution in [0.5, 0.6) is 0 Å². The van der Waals surface area contributed by atoms with E-state index in [1.54, 1.807) is 18.2 Å². The number of benzene rings is 3. The van der Waals surface area contributed by atoms with Gasteiger partial charge in [0.2, 0.25) is 21.8 Å². The van der Waals surface area contributed by atoms with E-state index >= 15 is 0 Å². The molecule has 0 aliphatic heterocycles. The van der Waals surface area contributed by atoms with Crippen molar-refractivity contribution in [1.82, 2.24) is 10.2 Å². The molecule has 3 rings (SSSR count). The standard InChI is InChI=1S/C28H29Cl4N3O4S/c1-3-13-33-28(37)26(14-19-7-5-4-6-8-19)34(17-20-9-10-21(29)15-24(20)31)27(36)18-35(40(2,38)39)22-11-12-23(30)25(32)16-22/h4-12,15-16,26H,3,13-14,17-18H2,1-2H3,(H,33,37)/t26-/m0/s1. The van der Waals surface area contributed by atoms with E-state index in [-0.39, 0.29) is 34.6 Å². The largest absolute Gasteiger partial charge is 0.354 e. The van der Waals surface area contributed by atoms with Crippen LogP contribution in [0.25, 0.3) is 0 Å². The zero-order valence-corrected chi connectivity index (χ0v) is 25.8. The van der Waals surface area contributed by atoms with E-state index in [1.165, 1.54) is 23.1 Å². The number of hydrogen-bond acceptors (Lipinski definition) is 4. The smallest absolute Gasteiger partial charge is 0.244 e. The molecule has 0 saturated heterocycles. The first-order valence-corrected chi connectivity index (χ1v) is 15.7. The van der Waals surface area contributed by atoms with Gasteiger partial charge >= 0.3 is 0 Å². The van der Waals surface area contributed by atoms with Gasteiger partial charge in [0.25, 0.3) is 0 Å². The maximum absolute atomic E-state index is 14.0. The molecule has 2 amide bonds. The molecule has 0 saturated carbocycles. The van der Waals surface area contributed by atoms with Crippen molar-refractivity contribution in [2.75, 3.05) is 23.7 Å². The molecule has 0 aliphatic carbocycles. The summed E-state index contributed by atoms with van der Waals surface area (Å²) < 4.78 is 26.6. The van der Waals surface area contributed by atoms with Crippen molar-refractivity contribution in [3.63, 3.8) is 0 Å². The molecule has 0 fully saturated rings. The molecule has 0 unspecified atom stereocenters. The van der Waals surface area contributed by atoms with E-state index in [0.717, 1.165) is 16.1 Å². The first-order chi connectivity index (χ1) is 18.9. The van der Waals surface area contributed by atoms with Crippen molar-refractivity contribution in [3.05, 3.63) is 97.9 Å². The number of halogens is 4. The number of rotatable bonds is 12. The van der Waals surface area contributed by atoms with Crippen LogP contribution in [-0.2, 0) is 32.6 Å². The Bertz CT molecular complexity index is 1460. The summed E-state index contributed by atoms with van der Waals surface area (Å²) in [5, 5.41) is 3.96. The van der Waals surface area contributed by atoms with E-state index in [0.29, 0.717) is 28.6 Å². The molecule has 3 aromatic carbocycles. The Hall–Kier alpha value is -2.49. The summed E-state index contributed by atoms with van der Waals surface area (Å²) in [6.45, 7) is 1.68. The average Bonchev–Trinajstić information content (AvgIpc) is 2.90. The molecule has 0 radical (unpaired) electrons. The summed E-state index contributed by atoms with van der Waals surface area (Å²) in [5.41, 5.74) is 1.52. The van der Waals surface area contributed by atoms with Crippen molar-refractivity contribution < 1.29 is 18.0 Å². The van der Waals surface area contributed by atoms with Gasteiger partial charge in [0, 0.05) is 29.6 Å². The minimum atomic E-state index is -3.94. The Kier molecular flexibility index (Phi) is 11.5. The second kappa shape index (κ2) is 14.4. The monoisotopic (exact) mass is 643 g/mol. The number of hydrogen-bond donors (Lipinski definition) is 1. The van der Waals surface area contributed by atoms with Crippen LogP contribution < -0.4 is 9.62 Å². The lowest BCUT2D eigenvalue weighted by atomic mass is 10.0. The van der Waals surface area contributed by atoms with E-state index in [4.69, 9.17) is 46.4 Å². The van der Waals surface area contributed by atoms with Gasteiger partial charge < -0.3 is 10.2 Å². The van der Waals surface area contributed by atoms with Crippen LogP contribution in [-0.4, -0.2) is 50.5 Å². The summed E-state index contributed by atoms with van der Waals surface area (Å²) in [6, 6.07) is 17.4. The number of anilines is 1. The number of sulfonamides is 1. The third-order valence-corrected chi connectivity index (χ3v) is 8.51. The predicted molar refractivity (Wildman–Crippen MR) is 163 cm³/mol. The van der Waals surface area contributed by atoms with Gasteiger partial charge in [0.15, 0.2) is 0 Å². The molecule has 3 aromatic rings. The van der Waals surface area contributed by atoms with Crippen molar-refractivity contribution >= 4 is 73.9 Å². The number of amides is 2. The van der Waals surface area contributed by atoms with Crippen molar-refractivity contribution in [2.24, 2.45) is 0 Å². The Balaban J connectivity index is 2.08. The minimum Gasteiger partial charge on any atom is -0.354 e. The van der Waals surface area contributed by atoms with Crippen LogP contribution in [0.3, 0.4) is 0 Å². The van der Waals surface area contributed by atoms with Crippen molar-refractivity contribution in [2.45, 2.75) is 32.4 Å². The number of nitrogens with zero attached hydrogens (tertiary/aromatic N) is 2. The lowest BCUT2D eigenvalue weighted by molar-refractivity contribution is -0.140. The summed E-state index contributed by atoms with van der Waals surface area (Å²) in [5.74, 6) is -0.986. The van der Waals surface area contributed by atoms with Gasteiger partial charge in [-0.3, -0.25) is 13.9 Å². The summed E-state index contributed by atoms with van der Waals surface area (Å²) in [7, 11) is -3.94. The molecule has 0 spiro atoms. The van der Waals surface area contributed by atoms with Gasteiger partial charge in [-0.2, -0.15) is 0 Å². The lowest BCUT2D eigenvalue weighted by Gasteiger charge is -2.33. The van der Waals surface area contributed by atoms with Crippen LogP contribution >= 0.6 is 46.4 Å². The van der Waals surface area contributed by atoms with Gasteiger partial charge in [-0.15, -0.1) is 0 Å². The van der Waals surface area contributed by atoms with Crippen molar-refractivity contribution in [1.29, 1.82) is 0 Å². The topological polar surface area (TPSA) is 86.8 Å². The van der Waals surface area contributed by atoms with Gasteiger partial charge in [0.1, 0.15) is 12.6 Å². The first-order valence-electron chi connectivity index (χ1n) is 12.4. The molecule has 40 heavy (non-hydrogen) atoms. The van der Waals surface area contributed by atoms with Gasteiger partial charge in [-0.1, -0.05) is 89.7 Å². The Morgan fingerprint density at radius 1 is 0.900 bits per heavy atom. The second-order valence-corrected chi connectivity index (χ2v) is 12.7. The molecule has 0 aliphatic rings. The fraction of sp³-hybridized carbons (Fsp3) is 0.286. The molecular formula is C28H29Cl4N3O4S. The van der Waals surface area contributed by atoms with Gasteiger partial charge in [-0.05, 0) is 47.9 Å². The molecule has 1 N–H and O–H groups in total. The lowest BCUT2D eigenvalue weighted by Crippen LogP contribution is -2.53. The van der Waals surface area contributed by atoms with E-state index in [1.807, 2.05) is 37.3 Å². The van der Waals surface area contributed by atoms with E-state index in [2.05, 4.69) is 5.32 Å². The summed E-state index contributed by atoms with van der Waals surface area (Å²) in [6.07, 6.45) is 1.87. The zero-order valence-electron chi connectivity index (χ0n) is 21.9. The normalized spacial score (nSPS) is 12.1. The van der Waals surface area contributed by atoms with Crippen molar-refractivity contribution in [3.8, 4) is 0 Å². The SMILES string of the molecule is CCCNC(=O)[C@H](Cc1ccccc1)N(Cc1ccc(Cl)cc1Cl)C(=O)CN(c1ccc(Cl)c(Cl)c1)S(C)(=O)=O. The average molecular weight is 645 g/mol. The molecule has 12 heteroatoms. The van der Waals surface area contributed by atoms with Gasteiger partial charge in [0.05, 0.1) is 22.0 Å². The zero-order chi connectivity index (χ0) is 29.4. The first kappa shape index (κ1) is 32.0.